The van der Waals surface area contributed by atoms with E-state index in [-0.39, 0.29) is 19.8 Å². The Bertz CT molecular complexity index is 910. The summed E-state index contributed by atoms with van der Waals surface area (Å²) in [5.74, 6) is -0.0565. The van der Waals surface area contributed by atoms with E-state index in [0.717, 1.165) is 30.9 Å². The molecule has 0 aromatic carbocycles. The molecule has 1 aliphatic heterocycles. The van der Waals surface area contributed by atoms with Gasteiger partial charge in [-0.2, -0.15) is 5.54 Å². The van der Waals surface area contributed by atoms with Gasteiger partial charge in [-0.15, -0.1) is 19.8 Å². The Labute approximate surface area is 207 Å². The lowest BCUT2D eigenvalue weighted by atomic mass is 10.3. The van der Waals surface area contributed by atoms with Gasteiger partial charge in [0.05, 0.1) is 59.0 Å². The summed E-state index contributed by atoms with van der Waals surface area (Å²) in [4.78, 5) is 25.3. The molecule has 198 valence electrons. The molecule has 1 fully saturated rings. The number of piperazine rings is 1. The summed E-state index contributed by atoms with van der Waals surface area (Å²) < 4.78 is 34.4. The van der Waals surface area contributed by atoms with E-state index in [1.165, 1.54) is 0 Å². The Morgan fingerprint density at radius 3 is 2.17 bits per heavy atom. The molecule has 2 aromatic heterocycles. The molecular formula is C21H31FN8O6. The Hall–Kier alpha value is -3.27. The van der Waals surface area contributed by atoms with Gasteiger partial charge in [0.1, 0.15) is 18.0 Å². The zero-order valence-corrected chi connectivity index (χ0v) is 20.0. The predicted octanol–water partition coefficient (Wildman–Crippen LogP) is -0.919. The summed E-state index contributed by atoms with van der Waals surface area (Å²) in [6.45, 7) is 5.54. The number of carbonyl (C=O) groups excluding carboxylic acids is 2. The maximum absolute atomic E-state index is 11.7. The first-order valence-electron chi connectivity index (χ1n) is 11.6. The van der Waals surface area contributed by atoms with Crippen LogP contribution in [0.15, 0.2) is 18.3 Å². The molecule has 0 atom stereocenters. The lowest BCUT2D eigenvalue weighted by Crippen LogP contribution is -2.46. The molecule has 1 aliphatic rings. The molecule has 0 bridgehead atoms. The molecule has 2 aromatic rings. The van der Waals surface area contributed by atoms with Gasteiger partial charge in [0.2, 0.25) is 6.41 Å². The van der Waals surface area contributed by atoms with E-state index < -0.39 is 5.91 Å². The molecule has 0 aliphatic carbocycles. The molecular weight excluding hydrogens is 479 g/mol. The summed E-state index contributed by atoms with van der Waals surface area (Å²) >= 11 is 0. The van der Waals surface area contributed by atoms with Crippen LogP contribution in [0.2, 0.25) is 0 Å². The quantitative estimate of drug-likeness (QED) is 0.160. The average molecular weight is 511 g/mol. The maximum atomic E-state index is 11.7. The van der Waals surface area contributed by atoms with Crippen molar-refractivity contribution in [3.8, 4) is 11.4 Å². The Morgan fingerprint density at radius 1 is 0.889 bits per heavy atom. The lowest BCUT2D eigenvalue weighted by Gasteiger charge is -2.32. The van der Waals surface area contributed by atoms with Crippen molar-refractivity contribution in [1.29, 1.82) is 0 Å². The summed E-state index contributed by atoms with van der Waals surface area (Å²) in [6.07, 6.45) is 2.66. The van der Waals surface area contributed by atoms with Gasteiger partial charge in [0, 0.05) is 26.2 Å². The highest BCUT2D eigenvalue weighted by Crippen LogP contribution is 2.17. The van der Waals surface area contributed by atoms with Crippen LogP contribution in [-0.4, -0.2) is 121 Å². The van der Waals surface area contributed by atoms with Gasteiger partial charge in [-0.1, -0.05) is 5.21 Å². The zero-order chi connectivity index (χ0) is 25.4. The minimum absolute atomic E-state index is 0.194. The number of carbonyl (C=O) groups is 2. The van der Waals surface area contributed by atoms with Crippen molar-refractivity contribution < 1.29 is 33.0 Å². The molecule has 0 radical (unpaired) electrons. The number of amides is 2. The lowest BCUT2D eigenvalue weighted by molar-refractivity contribution is -0.130. The fraction of sp³-hybridized carbons (Fsp3) is 0.619. The highest BCUT2D eigenvalue weighted by Gasteiger charge is 2.17. The molecule has 3 rings (SSSR count). The maximum Gasteiger partial charge on any atom is 0.273 e. The third kappa shape index (κ3) is 9.41. The first-order valence-corrected chi connectivity index (χ1v) is 11.6. The van der Waals surface area contributed by atoms with Crippen molar-refractivity contribution in [3.05, 3.63) is 18.3 Å². The van der Waals surface area contributed by atoms with Crippen molar-refractivity contribution in [3.63, 3.8) is 0 Å². The number of halogens is 1. The number of rotatable bonds is 17. The molecule has 1 saturated heterocycles. The summed E-state index contributed by atoms with van der Waals surface area (Å²) in [5, 5.41) is 16.8. The molecule has 3 heterocycles. The van der Waals surface area contributed by atoms with Gasteiger partial charge in [0.15, 0.2) is 5.82 Å². The van der Waals surface area contributed by atoms with Gasteiger partial charge in [-0.3, -0.25) is 9.59 Å². The minimum Gasteiger partial charge on any atom is -0.377 e. The monoisotopic (exact) mass is 510 g/mol. The van der Waals surface area contributed by atoms with Gasteiger partial charge in [-0.05, 0) is 12.1 Å². The van der Waals surface area contributed by atoms with Gasteiger partial charge in [0.25, 0.3) is 5.91 Å². The third-order valence-corrected chi connectivity index (χ3v) is 5.16. The van der Waals surface area contributed by atoms with Gasteiger partial charge < -0.3 is 28.7 Å². The predicted molar refractivity (Wildman–Crippen MR) is 123 cm³/mol. The SMILES string of the molecule is O=CN1CCN(c2ccc(-c3cn(CCOCCOCCOCCOCC(=O)NF)nn3)nn2)CC1. The van der Waals surface area contributed by atoms with E-state index in [9.17, 15) is 14.1 Å². The van der Waals surface area contributed by atoms with Crippen LogP contribution in [0.3, 0.4) is 0 Å². The molecule has 14 nitrogen and oxygen atoms in total. The van der Waals surface area contributed by atoms with Crippen molar-refractivity contribution in [2.45, 2.75) is 6.54 Å². The molecule has 0 unspecified atom stereocenters. The fourth-order valence-electron chi connectivity index (χ4n) is 3.22. The molecule has 1 N–H and O–H groups in total. The van der Waals surface area contributed by atoms with E-state index in [1.54, 1.807) is 15.8 Å². The van der Waals surface area contributed by atoms with E-state index in [4.69, 9.17) is 18.9 Å². The van der Waals surface area contributed by atoms with Crippen LogP contribution in [0.5, 0.6) is 0 Å². The fourth-order valence-corrected chi connectivity index (χ4v) is 3.22. The second-order valence-corrected chi connectivity index (χ2v) is 7.68. The van der Waals surface area contributed by atoms with Crippen molar-refractivity contribution in [2.75, 3.05) is 83.9 Å². The second kappa shape index (κ2) is 15.7. The Balaban J connectivity index is 1.22. The zero-order valence-electron chi connectivity index (χ0n) is 20.0. The number of ether oxygens (including phenoxy) is 4. The smallest absolute Gasteiger partial charge is 0.273 e. The topological polar surface area (TPSA) is 146 Å². The molecule has 2 amide bonds. The first-order chi connectivity index (χ1) is 17.7. The van der Waals surface area contributed by atoms with Crippen LogP contribution < -0.4 is 10.4 Å². The second-order valence-electron chi connectivity index (χ2n) is 7.68. The Kier molecular flexibility index (Phi) is 11.9. The normalized spacial score (nSPS) is 13.7. The third-order valence-electron chi connectivity index (χ3n) is 5.16. The minimum atomic E-state index is -0.828. The number of nitrogens with one attached hydrogen (secondary N) is 1. The molecule has 0 saturated carbocycles. The number of hydrogen-bond donors (Lipinski definition) is 1. The van der Waals surface area contributed by atoms with E-state index in [2.05, 4.69) is 25.4 Å². The van der Waals surface area contributed by atoms with Crippen molar-refractivity contribution >= 4 is 18.1 Å². The largest absolute Gasteiger partial charge is 0.377 e. The van der Waals surface area contributed by atoms with E-state index >= 15 is 0 Å². The number of aromatic nitrogens is 5. The first kappa shape index (κ1) is 27.3. The molecule has 0 spiro atoms. The highest BCUT2D eigenvalue weighted by atomic mass is 19.2. The highest BCUT2D eigenvalue weighted by molar-refractivity contribution is 5.75. The van der Waals surface area contributed by atoms with Crippen LogP contribution in [-0.2, 0) is 35.1 Å². The standard InChI is InChI=1S/C21H31FN8O6/c22-23-21(32)16-36-14-13-35-12-11-34-10-9-33-8-7-30-15-19(25-27-30)18-1-2-20(26-24-18)29-5-3-28(17-31)4-6-29/h1-2,15,17H,3-14,16H2,(H,23,32). The summed E-state index contributed by atoms with van der Waals surface area (Å²) in [6, 6.07) is 3.76. The number of hydrogen-bond acceptors (Lipinski definition) is 11. The molecule has 15 heteroatoms. The van der Waals surface area contributed by atoms with E-state index in [0.29, 0.717) is 64.1 Å². The Morgan fingerprint density at radius 2 is 1.56 bits per heavy atom. The van der Waals surface area contributed by atoms with Crippen molar-refractivity contribution in [1.82, 2.24) is 35.6 Å². The van der Waals surface area contributed by atoms with Crippen LogP contribution in [0, 0.1) is 0 Å². The van der Waals surface area contributed by atoms with Crippen LogP contribution in [0.4, 0.5) is 10.3 Å². The van der Waals surface area contributed by atoms with Gasteiger partial charge >= 0.3 is 0 Å². The average Bonchev–Trinajstić information content (AvgIpc) is 3.40. The van der Waals surface area contributed by atoms with Crippen LogP contribution in [0.25, 0.3) is 11.4 Å². The molecule has 36 heavy (non-hydrogen) atoms. The number of nitrogens with zero attached hydrogens (tertiary/aromatic N) is 7. The van der Waals surface area contributed by atoms with Crippen LogP contribution in [0.1, 0.15) is 0 Å². The summed E-state index contributed by atoms with van der Waals surface area (Å²) in [7, 11) is 0. The van der Waals surface area contributed by atoms with Crippen molar-refractivity contribution in [2.24, 2.45) is 0 Å². The number of anilines is 1. The van der Waals surface area contributed by atoms with Crippen LogP contribution >= 0.6 is 0 Å². The van der Waals surface area contributed by atoms with Gasteiger partial charge in [-0.25, -0.2) is 4.68 Å². The van der Waals surface area contributed by atoms with E-state index in [1.807, 2.05) is 12.1 Å². The summed E-state index contributed by atoms with van der Waals surface area (Å²) in [5.41, 5.74) is 2.23.